The molecular weight excluding hydrogens is 402 g/mol. The molecule has 4 rings (SSSR count). The van der Waals surface area contributed by atoms with Gasteiger partial charge in [-0.05, 0) is 55.5 Å². The van der Waals surface area contributed by atoms with Gasteiger partial charge in [-0.15, -0.1) is 12.4 Å². The van der Waals surface area contributed by atoms with Crippen LogP contribution in [-0.4, -0.2) is 42.0 Å². The van der Waals surface area contributed by atoms with Gasteiger partial charge >= 0.3 is 0 Å². The van der Waals surface area contributed by atoms with E-state index in [1.807, 2.05) is 23.1 Å². The van der Waals surface area contributed by atoms with E-state index >= 15 is 0 Å². The number of carbonyl (C=O) groups is 2. The molecule has 0 aromatic heterocycles. The van der Waals surface area contributed by atoms with Crippen molar-refractivity contribution in [2.45, 2.75) is 37.3 Å². The van der Waals surface area contributed by atoms with Crippen LogP contribution in [0.1, 0.15) is 47.6 Å². The van der Waals surface area contributed by atoms with Crippen molar-refractivity contribution in [2.75, 3.05) is 25.1 Å². The highest BCUT2D eigenvalue weighted by Gasteiger charge is 2.36. The van der Waals surface area contributed by atoms with Gasteiger partial charge in [-0.3, -0.25) is 9.59 Å². The first kappa shape index (κ1) is 22.3. The molecule has 1 unspecified atom stereocenters. The maximum Gasteiger partial charge on any atom is 0.254 e. The number of ether oxygens (including phenoxy) is 1. The smallest absolute Gasteiger partial charge is 0.254 e. The van der Waals surface area contributed by atoms with E-state index in [1.54, 1.807) is 24.3 Å². The van der Waals surface area contributed by atoms with Crippen molar-refractivity contribution in [1.29, 1.82) is 0 Å². The molecule has 2 aromatic rings. The number of halogens is 1. The Morgan fingerprint density at radius 1 is 1.03 bits per heavy atom. The Balaban J connectivity index is 0.00000256. The predicted octanol–water partition coefficient (Wildman–Crippen LogP) is 3.53. The number of amides is 2. The molecule has 2 aliphatic rings. The molecule has 2 fully saturated rings. The van der Waals surface area contributed by atoms with E-state index < -0.39 is 5.54 Å². The summed E-state index contributed by atoms with van der Waals surface area (Å²) in [7, 11) is 0. The number of nitrogens with one attached hydrogen (secondary N) is 1. The standard InChI is InChI=1S/C23H27N3O3.ClH/c24-23(12-15-29-16-13-23)22(28)25-19-10-8-18(9-11-19)21(27)26-14-4-7-20(26)17-5-2-1-3-6-17;/h1-3,5-6,8-11,20H,4,7,12-16,24H2,(H,25,28);1H. The average Bonchev–Trinajstić information content (AvgIpc) is 3.25. The zero-order valence-corrected chi connectivity index (χ0v) is 17.7. The van der Waals surface area contributed by atoms with Gasteiger partial charge < -0.3 is 20.7 Å². The van der Waals surface area contributed by atoms with E-state index in [9.17, 15) is 9.59 Å². The molecule has 160 valence electrons. The van der Waals surface area contributed by atoms with E-state index in [2.05, 4.69) is 17.4 Å². The van der Waals surface area contributed by atoms with Gasteiger partial charge in [0.15, 0.2) is 0 Å². The lowest BCUT2D eigenvalue weighted by atomic mass is 9.90. The van der Waals surface area contributed by atoms with Crippen LogP contribution in [0.15, 0.2) is 54.6 Å². The predicted molar refractivity (Wildman–Crippen MR) is 119 cm³/mol. The molecule has 6 nitrogen and oxygen atoms in total. The van der Waals surface area contributed by atoms with Gasteiger partial charge in [0, 0.05) is 31.0 Å². The van der Waals surface area contributed by atoms with E-state index in [0.717, 1.165) is 19.4 Å². The van der Waals surface area contributed by atoms with Crippen LogP contribution < -0.4 is 11.1 Å². The lowest BCUT2D eigenvalue weighted by Crippen LogP contribution is -2.54. The maximum absolute atomic E-state index is 13.1. The summed E-state index contributed by atoms with van der Waals surface area (Å²) >= 11 is 0. The van der Waals surface area contributed by atoms with Gasteiger partial charge in [0.05, 0.1) is 6.04 Å². The van der Waals surface area contributed by atoms with Crippen molar-refractivity contribution < 1.29 is 14.3 Å². The molecule has 0 saturated carbocycles. The number of hydrogen-bond acceptors (Lipinski definition) is 4. The molecule has 0 bridgehead atoms. The number of rotatable bonds is 4. The third-order valence-corrected chi connectivity index (χ3v) is 5.92. The number of carbonyl (C=O) groups excluding carboxylic acids is 2. The summed E-state index contributed by atoms with van der Waals surface area (Å²) < 4.78 is 5.29. The third-order valence-electron chi connectivity index (χ3n) is 5.92. The number of nitrogens with two attached hydrogens (primary N) is 1. The Morgan fingerprint density at radius 2 is 1.70 bits per heavy atom. The van der Waals surface area contributed by atoms with Crippen LogP contribution in [-0.2, 0) is 9.53 Å². The summed E-state index contributed by atoms with van der Waals surface area (Å²) in [5, 5.41) is 2.88. The van der Waals surface area contributed by atoms with E-state index in [-0.39, 0.29) is 30.3 Å². The summed E-state index contributed by atoms with van der Waals surface area (Å²) in [5.41, 5.74) is 7.77. The SMILES string of the molecule is Cl.NC1(C(=O)Nc2ccc(C(=O)N3CCCC3c3ccccc3)cc2)CCOCC1. The topological polar surface area (TPSA) is 84.7 Å². The highest BCUT2D eigenvalue weighted by Crippen LogP contribution is 2.33. The van der Waals surface area contributed by atoms with E-state index in [0.29, 0.717) is 37.3 Å². The third kappa shape index (κ3) is 4.67. The van der Waals surface area contributed by atoms with Gasteiger partial charge in [-0.2, -0.15) is 0 Å². The van der Waals surface area contributed by atoms with Crippen LogP contribution in [0.5, 0.6) is 0 Å². The molecule has 0 spiro atoms. The molecule has 0 radical (unpaired) electrons. The second kappa shape index (κ2) is 9.60. The lowest BCUT2D eigenvalue weighted by Gasteiger charge is -2.31. The van der Waals surface area contributed by atoms with Crippen LogP contribution in [0.2, 0.25) is 0 Å². The number of likely N-dealkylation sites (tertiary alicyclic amines) is 1. The fourth-order valence-corrected chi connectivity index (χ4v) is 4.11. The van der Waals surface area contributed by atoms with Crippen molar-refractivity contribution in [3.05, 3.63) is 65.7 Å². The number of hydrogen-bond donors (Lipinski definition) is 2. The Bertz CT molecular complexity index is 867. The Labute approximate surface area is 183 Å². The molecule has 3 N–H and O–H groups in total. The summed E-state index contributed by atoms with van der Waals surface area (Å²) in [4.78, 5) is 27.6. The average molecular weight is 430 g/mol. The molecule has 0 aliphatic carbocycles. The first-order valence-corrected chi connectivity index (χ1v) is 10.2. The molecule has 2 aliphatic heterocycles. The number of benzene rings is 2. The van der Waals surface area contributed by atoms with Crippen LogP contribution in [0.4, 0.5) is 5.69 Å². The molecule has 1 atom stereocenters. The fraction of sp³-hybridized carbons (Fsp3) is 0.391. The maximum atomic E-state index is 13.1. The Morgan fingerprint density at radius 3 is 2.37 bits per heavy atom. The van der Waals surface area contributed by atoms with Crippen molar-refractivity contribution in [2.24, 2.45) is 5.73 Å². The summed E-state index contributed by atoms with van der Waals surface area (Å²) in [5.74, 6) is -0.183. The summed E-state index contributed by atoms with van der Waals surface area (Å²) in [6, 6.07) is 17.4. The highest BCUT2D eigenvalue weighted by atomic mass is 35.5. The number of anilines is 1. The summed E-state index contributed by atoms with van der Waals surface area (Å²) in [6.07, 6.45) is 2.99. The molecular formula is C23H28ClN3O3. The molecule has 7 heteroatoms. The largest absolute Gasteiger partial charge is 0.381 e. The normalized spacial score (nSPS) is 20.3. The van der Waals surface area contributed by atoms with Gasteiger partial charge in [0.2, 0.25) is 5.91 Å². The van der Waals surface area contributed by atoms with Gasteiger partial charge in [0.1, 0.15) is 5.54 Å². The van der Waals surface area contributed by atoms with Crippen LogP contribution in [0, 0.1) is 0 Å². The Kier molecular flexibility index (Phi) is 7.13. The van der Waals surface area contributed by atoms with Gasteiger partial charge in [-0.1, -0.05) is 30.3 Å². The molecule has 2 saturated heterocycles. The first-order chi connectivity index (χ1) is 14.1. The quantitative estimate of drug-likeness (QED) is 0.778. The van der Waals surface area contributed by atoms with Gasteiger partial charge in [0.25, 0.3) is 5.91 Å². The minimum absolute atomic E-state index is 0. The summed E-state index contributed by atoms with van der Waals surface area (Å²) in [6.45, 7) is 1.75. The monoisotopic (exact) mass is 429 g/mol. The number of nitrogens with zero attached hydrogens (tertiary/aromatic N) is 1. The first-order valence-electron chi connectivity index (χ1n) is 10.2. The van der Waals surface area contributed by atoms with Crippen molar-refractivity contribution in [1.82, 2.24) is 4.90 Å². The zero-order chi connectivity index (χ0) is 20.3. The zero-order valence-electron chi connectivity index (χ0n) is 16.9. The van der Waals surface area contributed by atoms with Gasteiger partial charge in [-0.25, -0.2) is 0 Å². The minimum Gasteiger partial charge on any atom is -0.381 e. The molecule has 2 aromatic carbocycles. The molecule has 2 amide bonds. The lowest BCUT2D eigenvalue weighted by molar-refractivity contribution is -0.124. The fourth-order valence-electron chi connectivity index (χ4n) is 4.11. The van der Waals surface area contributed by atoms with Crippen molar-refractivity contribution in [3.8, 4) is 0 Å². The molecule has 30 heavy (non-hydrogen) atoms. The minimum atomic E-state index is -0.898. The van der Waals surface area contributed by atoms with E-state index in [4.69, 9.17) is 10.5 Å². The van der Waals surface area contributed by atoms with Crippen LogP contribution in [0.25, 0.3) is 0 Å². The highest BCUT2D eigenvalue weighted by molar-refractivity contribution is 5.99. The van der Waals surface area contributed by atoms with E-state index in [1.165, 1.54) is 5.56 Å². The van der Waals surface area contributed by atoms with Crippen molar-refractivity contribution in [3.63, 3.8) is 0 Å². The second-order valence-electron chi connectivity index (χ2n) is 7.87. The van der Waals surface area contributed by atoms with Crippen LogP contribution >= 0.6 is 12.4 Å². The van der Waals surface area contributed by atoms with Crippen molar-refractivity contribution >= 4 is 29.9 Å². The molecule has 2 heterocycles. The Hall–Kier alpha value is -2.41. The second-order valence-corrected chi connectivity index (χ2v) is 7.87. The van der Waals surface area contributed by atoms with Crippen LogP contribution in [0.3, 0.4) is 0 Å².